The van der Waals surface area contributed by atoms with Crippen molar-refractivity contribution in [2.75, 3.05) is 13.2 Å². The smallest absolute Gasteiger partial charge is 0.0699 e. The van der Waals surface area contributed by atoms with E-state index in [-0.39, 0.29) is 0 Å². The van der Waals surface area contributed by atoms with Crippen molar-refractivity contribution < 1.29 is 4.74 Å². The van der Waals surface area contributed by atoms with Gasteiger partial charge in [-0.3, -0.25) is 0 Å². The molecule has 0 fully saturated rings. The van der Waals surface area contributed by atoms with Crippen molar-refractivity contribution in [1.82, 2.24) is 5.32 Å². The Morgan fingerprint density at radius 3 is 2.33 bits per heavy atom. The minimum atomic E-state index is 0.346. The fourth-order valence-electron chi connectivity index (χ4n) is 1.71. The first-order valence-corrected chi connectivity index (χ1v) is 6.61. The van der Waals surface area contributed by atoms with Crippen LogP contribution in [-0.2, 0) is 4.74 Å². The molecular weight excluding hydrogens is 186 g/mol. The Morgan fingerprint density at radius 2 is 1.80 bits per heavy atom. The third-order valence-electron chi connectivity index (χ3n) is 2.79. The molecule has 0 saturated carbocycles. The maximum atomic E-state index is 5.83. The summed E-state index contributed by atoms with van der Waals surface area (Å²) in [4.78, 5) is 0. The molecule has 0 aromatic carbocycles. The molecule has 0 aliphatic rings. The zero-order valence-corrected chi connectivity index (χ0v) is 11.0. The molecule has 2 unspecified atom stereocenters. The Bertz CT molecular complexity index is 128. The van der Waals surface area contributed by atoms with Gasteiger partial charge >= 0.3 is 0 Å². The van der Waals surface area contributed by atoms with Crippen LogP contribution < -0.4 is 5.32 Å². The quantitative estimate of drug-likeness (QED) is 0.564. The highest BCUT2D eigenvalue weighted by Crippen LogP contribution is 2.05. The molecule has 0 saturated heterocycles. The van der Waals surface area contributed by atoms with Gasteiger partial charge in [0.25, 0.3) is 0 Å². The van der Waals surface area contributed by atoms with Crippen LogP contribution in [0.2, 0.25) is 0 Å². The molecule has 0 amide bonds. The van der Waals surface area contributed by atoms with Crippen LogP contribution in [0.4, 0.5) is 0 Å². The van der Waals surface area contributed by atoms with Crippen LogP contribution in [0.25, 0.3) is 0 Å². The number of nitrogens with one attached hydrogen (secondary N) is 1. The number of unbranched alkanes of at least 4 members (excludes halogenated alkanes) is 2. The Balaban J connectivity index is 3.58. The van der Waals surface area contributed by atoms with Gasteiger partial charge in [0.05, 0.1) is 6.10 Å². The lowest BCUT2D eigenvalue weighted by molar-refractivity contribution is 0.0357. The fraction of sp³-hybridized carbons (Fsp3) is 1.00. The Labute approximate surface area is 95.8 Å². The first-order chi connectivity index (χ1) is 7.26. The summed E-state index contributed by atoms with van der Waals surface area (Å²) in [5.74, 6) is 0. The highest BCUT2D eigenvalue weighted by molar-refractivity contribution is 4.71. The number of rotatable bonds is 10. The van der Waals surface area contributed by atoms with Gasteiger partial charge in [-0.2, -0.15) is 0 Å². The Kier molecular flexibility index (Phi) is 10.4. The van der Waals surface area contributed by atoms with E-state index in [4.69, 9.17) is 4.74 Å². The van der Waals surface area contributed by atoms with Gasteiger partial charge in [-0.15, -0.1) is 0 Å². The molecule has 0 rings (SSSR count). The third-order valence-corrected chi connectivity index (χ3v) is 2.79. The van der Waals surface area contributed by atoms with Gasteiger partial charge < -0.3 is 10.1 Å². The van der Waals surface area contributed by atoms with Crippen molar-refractivity contribution >= 4 is 0 Å². The van der Waals surface area contributed by atoms with E-state index in [0.717, 1.165) is 19.6 Å². The average Bonchev–Trinajstić information content (AvgIpc) is 2.25. The summed E-state index contributed by atoms with van der Waals surface area (Å²) in [7, 11) is 0. The molecule has 15 heavy (non-hydrogen) atoms. The maximum Gasteiger partial charge on any atom is 0.0699 e. The van der Waals surface area contributed by atoms with Gasteiger partial charge in [0.2, 0.25) is 0 Å². The SMILES string of the molecule is CCCCCOC(C)C(CC)NCCC. The summed E-state index contributed by atoms with van der Waals surface area (Å²) < 4.78 is 5.83. The number of hydrogen-bond donors (Lipinski definition) is 1. The van der Waals surface area contributed by atoms with Crippen molar-refractivity contribution in [3.05, 3.63) is 0 Å². The van der Waals surface area contributed by atoms with Crippen LogP contribution in [0, 0.1) is 0 Å². The van der Waals surface area contributed by atoms with E-state index < -0.39 is 0 Å². The first-order valence-electron chi connectivity index (χ1n) is 6.61. The maximum absolute atomic E-state index is 5.83. The van der Waals surface area contributed by atoms with Crippen LogP contribution >= 0.6 is 0 Å². The van der Waals surface area contributed by atoms with Crippen LogP contribution in [-0.4, -0.2) is 25.3 Å². The van der Waals surface area contributed by atoms with Gasteiger partial charge in [-0.1, -0.05) is 33.6 Å². The van der Waals surface area contributed by atoms with Gasteiger partial charge in [0.15, 0.2) is 0 Å². The molecule has 2 heteroatoms. The van der Waals surface area contributed by atoms with Crippen LogP contribution in [0.3, 0.4) is 0 Å². The van der Waals surface area contributed by atoms with Gasteiger partial charge in [0, 0.05) is 12.6 Å². The second kappa shape index (κ2) is 10.4. The normalized spacial score (nSPS) is 15.2. The average molecular weight is 215 g/mol. The monoisotopic (exact) mass is 215 g/mol. The molecule has 92 valence electrons. The lowest BCUT2D eigenvalue weighted by Gasteiger charge is -2.24. The van der Waals surface area contributed by atoms with E-state index in [1.54, 1.807) is 0 Å². The number of ether oxygens (including phenoxy) is 1. The fourth-order valence-corrected chi connectivity index (χ4v) is 1.71. The predicted octanol–water partition coefficient (Wildman–Crippen LogP) is 3.36. The van der Waals surface area contributed by atoms with Crippen molar-refractivity contribution in [3.8, 4) is 0 Å². The zero-order chi connectivity index (χ0) is 11.5. The Morgan fingerprint density at radius 1 is 1.07 bits per heavy atom. The molecule has 2 atom stereocenters. The van der Waals surface area contributed by atoms with E-state index in [9.17, 15) is 0 Å². The standard InChI is InChI=1S/C13H29NO/c1-5-8-9-11-15-12(4)13(7-3)14-10-6-2/h12-14H,5-11H2,1-4H3. The molecule has 0 aromatic rings. The van der Waals surface area contributed by atoms with Crippen LogP contribution in [0.15, 0.2) is 0 Å². The molecule has 0 aromatic heterocycles. The van der Waals surface area contributed by atoms with Crippen LogP contribution in [0.1, 0.15) is 59.8 Å². The van der Waals surface area contributed by atoms with Gasteiger partial charge in [-0.05, 0) is 32.7 Å². The topological polar surface area (TPSA) is 21.3 Å². The Hall–Kier alpha value is -0.0800. The zero-order valence-electron chi connectivity index (χ0n) is 11.0. The minimum Gasteiger partial charge on any atom is -0.377 e. The molecule has 1 N–H and O–H groups in total. The molecular formula is C13H29NO. The molecule has 0 aliphatic heterocycles. The highest BCUT2D eigenvalue weighted by atomic mass is 16.5. The van der Waals surface area contributed by atoms with Crippen molar-refractivity contribution in [3.63, 3.8) is 0 Å². The van der Waals surface area contributed by atoms with E-state index in [1.807, 2.05) is 0 Å². The molecule has 0 bridgehead atoms. The lowest BCUT2D eigenvalue weighted by atomic mass is 10.1. The van der Waals surface area contributed by atoms with Crippen molar-refractivity contribution in [1.29, 1.82) is 0 Å². The van der Waals surface area contributed by atoms with Gasteiger partial charge in [0.1, 0.15) is 0 Å². The molecule has 0 aliphatic carbocycles. The van der Waals surface area contributed by atoms with E-state index in [2.05, 4.69) is 33.0 Å². The summed E-state index contributed by atoms with van der Waals surface area (Å²) >= 11 is 0. The van der Waals surface area contributed by atoms with Crippen LogP contribution in [0.5, 0.6) is 0 Å². The highest BCUT2D eigenvalue weighted by Gasteiger charge is 2.14. The van der Waals surface area contributed by atoms with Gasteiger partial charge in [-0.25, -0.2) is 0 Å². The van der Waals surface area contributed by atoms with Crippen molar-refractivity contribution in [2.45, 2.75) is 71.9 Å². The van der Waals surface area contributed by atoms with Crippen molar-refractivity contribution in [2.24, 2.45) is 0 Å². The third kappa shape index (κ3) is 7.80. The summed E-state index contributed by atoms with van der Waals surface area (Å²) in [6.45, 7) is 10.8. The second-order valence-electron chi connectivity index (χ2n) is 4.25. The molecule has 2 nitrogen and oxygen atoms in total. The summed E-state index contributed by atoms with van der Waals surface area (Å²) in [6, 6.07) is 0.520. The summed E-state index contributed by atoms with van der Waals surface area (Å²) in [5, 5.41) is 3.53. The molecule has 0 heterocycles. The molecule has 0 radical (unpaired) electrons. The lowest BCUT2D eigenvalue weighted by Crippen LogP contribution is -2.39. The molecule has 0 spiro atoms. The summed E-state index contributed by atoms with van der Waals surface area (Å²) in [6.07, 6.45) is 6.44. The van der Waals surface area contributed by atoms with E-state index in [1.165, 1.54) is 25.7 Å². The predicted molar refractivity (Wildman–Crippen MR) is 67.3 cm³/mol. The summed E-state index contributed by atoms with van der Waals surface area (Å²) in [5.41, 5.74) is 0. The van der Waals surface area contributed by atoms with E-state index >= 15 is 0 Å². The minimum absolute atomic E-state index is 0.346. The largest absolute Gasteiger partial charge is 0.377 e. The number of hydrogen-bond acceptors (Lipinski definition) is 2. The second-order valence-corrected chi connectivity index (χ2v) is 4.25. The van der Waals surface area contributed by atoms with E-state index in [0.29, 0.717) is 12.1 Å². The first kappa shape index (κ1) is 14.9.